The van der Waals surface area contributed by atoms with E-state index in [1.54, 1.807) is 36.3 Å². The van der Waals surface area contributed by atoms with Crippen molar-refractivity contribution >= 4 is 23.7 Å². The lowest BCUT2D eigenvalue weighted by Crippen LogP contribution is -2.49. The fourth-order valence-corrected chi connectivity index (χ4v) is 3.81. The zero-order valence-electron chi connectivity index (χ0n) is 17.4. The van der Waals surface area contributed by atoms with Crippen molar-refractivity contribution in [3.63, 3.8) is 0 Å². The first kappa shape index (κ1) is 21.4. The molecule has 1 atom stereocenters. The zero-order valence-corrected chi connectivity index (χ0v) is 17.4. The quantitative estimate of drug-likeness (QED) is 0.391. The van der Waals surface area contributed by atoms with Crippen LogP contribution in [0.15, 0.2) is 36.4 Å². The average Bonchev–Trinajstić information content (AvgIpc) is 3.27. The standard InChI is InChI=1S/C21H22N4O7/c1-30-15-4-2-14(3-5-15)22-21(27)20(24-8-6-23(12-26)7-9-24)16-10-18-19(32-13-31-18)11-17(16)25(28)29/h2-5,10-12,20H,6-9,13H2,1H3,(H,22,27). The highest BCUT2D eigenvalue weighted by atomic mass is 16.7. The number of methoxy groups -OCH3 is 1. The largest absolute Gasteiger partial charge is 0.497 e. The number of nitrogens with zero attached hydrogens (tertiary/aromatic N) is 3. The molecular weight excluding hydrogens is 420 g/mol. The molecule has 2 aromatic rings. The van der Waals surface area contributed by atoms with Gasteiger partial charge in [0, 0.05) is 31.9 Å². The summed E-state index contributed by atoms with van der Waals surface area (Å²) in [5, 5.41) is 14.7. The molecule has 2 heterocycles. The van der Waals surface area contributed by atoms with E-state index in [9.17, 15) is 19.7 Å². The van der Waals surface area contributed by atoms with Crippen LogP contribution < -0.4 is 19.5 Å². The number of hydrogen-bond donors (Lipinski definition) is 1. The molecule has 1 fully saturated rings. The summed E-state index contributed by atoms with van der Waals surface area (Å²) in [6, 6.07) is 8.59. The fourth-order valence-electron chi connectivity index (χ4n) is 3.81. The van der Waals surface area contributed by atoms with Crippen LogP contribution in [-0.2, 0) is 9.59 Å². The van der Waals surface area contributed by atoms with E-state index in [2.05, 4.69) is 5.32 Å². The third-order valence-electron chi connectivity index (χ3n) is 5.48. The third kappa shape index (κ3) is 4.28. The number of rotatable bonds is 7. The molecule has 11 heteroatoms. The Kier molecular flexibility index (Phi) is 6.08. The Labute approximate surface area is 183 Å². The van der Waals surface area contributed by atoms with Crippen molar-refractivity contribution < 1.29 is 28.7 Å². The molecule has 1 unspecified atom stereocenters. The van der Waals surface area contributed by atoms with E-state index in [0.717, 1.165) is 6.41 Å². The summed E-state index contributed by atoms with van der Waals surface area (Å²) in [7, 11) is 1.54. The Morgan fingerprint density at radius 3 is 2.41 bits per heavy atom. The summed E-state index contributed by atoms with van der Waals surface area (Å²) >= 11 is 0. The van der Waals surface area contributed by atoms with Crippen LogP contribution in [0.1, 0.15) is 11.6 Å². The molecule has 11 nitrogen and oxygen atoms in total. The Morgan fingerprint density at radius 2 is 1.81 bits per heavy atom. The number of fused-ring (bicyclic) bond motifs is 1. The highest BCUT2D eigenvalue weighted by Gasteiger charge is 2.37. The van der Waals surface area contributed by atoms with Crippen molar-refractivity contribution in [2.24, 2.45) is 0 Å². The number of benzene rings is 2. The Morgan fingerprint density at radius 1 is 1.16 bits per heavy atom. The molecule has 0 bridgehead atoms. The highest BCUT2D eigenvalue weighted by molar-refractivity contribution is 5.96. The average molecular weight is 442 g/mol. The number of hydrogen-bond acceptors (Lipinski definition) is 8. The maximum atomic E-state index is 13.4. The van der Waals surface area contributed by atoms with E-state index in [4.69, 9.17) is 14.2 Å². The number of carbonyl (C=O) groups is 2. The van der Waals surface area contributed by atoms with Crippen molar-refractivity contribution in [3.8, 4) is 17.2 Å². The molecule has 4 rings (SSSR count). The topological polar surface area (TPSA) is 123 Å². The second-order valence-corrected chi connectivity index (χ2v) is 7.32. The van der Waals surface area contributed by atoms with Gasteiger partial charge in [0.2, 0.25) is 19.1 Å². The first-order chi connectivity index (χ1) is 15.5. The van der Waals surface area contributed by atoms with Crippen LogP contribution in [0.25, 0.3) is 0 Å². The maximum Gasteiger partial charge on any atom is 0.278 e. The molecule has 2 aliphatic heterocycles. The van der Waals surface area contributed by atoms with Crippen molar-refractivity contribution in [2.45, 2.75) is 6.04 Å². The number of piperazine rings is 1. The third-order valence-corrected chi connectivity index (χ3v) is 5.48. The summed E-state index contributed by atoms with van der Waals surface area (Å²) in [5.74, 6) is 0.813. The van der Waals surface area contributed by atoms with Gasteiger partial charge in [-0.25, -0.2) is 0 Å². The number of anilines is 1. The highest BCUT2D eigenvalue weighted by Crippen LogP contribution is 2.42. The van der Waals surface area contributed by atoms with Gasteiger partial charge in [0.1, 0.15) is 11.8 Å². The van der Waals surface area contributed by atoms with E-state index >= 15 is 0 Å². The minimum atomic E-state index is -0.971. The van der Waals surface area contributed by atoms with Crippen LogP contribution in [0.5, 0.6) is 17.2 Å². The van der Waals surface area contributed by atoms with E-state index in [-0.39, 0.29) is 23.8 Å². The van der Waals surface area contributed by atoms with Crippen molar-refractivity contribution in [2.75, 3.05) is 45.4 Å². The maximum absolute atomic E-state index is 13.4. The summed E-state index contributed by atoms with van der Waals surface area (Å²) < 4.78 is 15.8. The van der Waals surface area contributed by atoms with Gasteiger partial charge < -0.3 is 24.4 Å². The lowest BCUT2D eigenvalue weighted by molar-refractivity contribution is -0.386. The molecule has 1 N–H and O–H groups in total. The van der Waals surface area contributed by atoms with Gasteiger partial charge in [-0.3, -0.25) is 24.6 Å². The lowest BCUT2D eigenvalue weighted by Gasteiger charge is -2.37. The molecule has 32 heavy (non-hydrogen) atoms. The molecule has 0 radical (unpaired) electrons. The molecule has 1 saturated heterocycles. The second kappa shape index (κ2) is 9.10. The molecular formula is C21H22N4O7. The van der Waals surface area contributed by atoms with Crippen LogP contribution in [0, 0.1) is 10.1 Å². The van der Waals surface area contributed by atoms with Gasteiger partial charge in [-0.1, -0.05) is 0 Å². The first-order valence-corrected chi connectivity index (χ1v) is 9.96. The van der Waals surface area contributed by atoms with Crippen LogP contribution in [0.2, 0.25) is 0 Å². The van der Waals surface area contributed by atoms with Crippen LogP contribution in [0.3, 0.4) is 0 Å². The van der Waals surface area contributed by atoms with Crippen LogP contribution in [0.4, 0.5) is 11.4 Å². The van der Waals surface area contributed by atoms with Gasteiger partial charge in [-0.05, 0) is 30.3 Å². The summed E-state index contributed by atoms with van der Waals surface area (Å²) in [6.07, 6.45) is 0.757. The molecule has 2 aliphatic rings. The number of carbonyl (C=O) groups excluding carboxylic acids is 2. The molecule has 168 valence electrons. The van der Waals surface area contributed by atoms with Crippen molar-refractivity contribution in [1.82, 2.24) is 9.80 Å². The van der Waals surface area contributed by atoms with Gasteiger partial charge in [0.15, 0.2) is 11.5 Å². The summed E-state index contributed by atoms with van der Waals surface area (Å²) in [6.45, 7) is 1.54. The van der Waals surface area contributed by atoms with Crippen LogP contribution >= 0.6 is 0 Å². The summed E-state index contributed by atoms with van der Waals surface area (Å²) in [4.78, 5) is 39.3. The van der Waals surface area contributed by atoms with Gasteiger partial charge in [-0.2, -0.15) is 0 Å². The van der Waals surface area contributed by atoms with E-state index in [0.29, 0.717) is 43.4 Å². The fraction of sp³-hybridized carbons (Fsp3) is 0.333. The molecule has 0 saturated carbocycles. The zero-order chi connectivity index (χ0) is 22.7. The molecule has 0 aliphatic carbocycles. The predicted molar refractivity (Wildman–Crippen MR) is 113 cm³/mol. The minimum absolute atomic E-state index is 0.0450. The van der Waals surface area contributed by atoms with Gasteiger partial charge in [0.05, 0.1) is 23.7 Å². The van der Waals surface area contributed by atoms with E-state index < -0.39 is 16.9 Å². The predicted octanol–water partition coefficient (Wildman–Crippen LogP) is 1.79. The Balaban J connectivity index is 1.70. The van der Waals surface area contributed by atoms with Gasteiger partial charge >= 0.3 is 0 Å². The lowest BCUT2D eigenvalue weighted by atomic mass is 10.00. The first-order valence-electron chi connectivity index (χ1n) is 9.96. The van der Waals surface area contributed by atoms with E-state index in [1.165, 1.54) is 12.1 Å². The molecule has 2 aromatic carbocycles. The number of ether oxygens (including phenoxy) is 3. The smallest absolute Gasteiger partial charge is 0.278 e. The SMILES string of the molecule is COc1ccc(NC(=O)C(c2cc3c(cc2[N+](=O)[O-])OCO3)N2CCN(C=O)CC2)cc1. The number of nitro benzene ring substituents is 1. The van der Waals surface area contributed by atoms with Gasteiger partial charge in [-0.15, -0.1) is 0 Å². The number of amides is 2. The summed E-state index contributed by atoms with van der Waals surface area (Å²) in [5.41, 5.74) is 0.488. The number of nitrogens with one attached hydrogen (secondary N) is 1. The monoisotopic (exact) mass is 442 g/mol. The molecule has 0 spiro atoms. The second-order valence-electron chi connectivity index (χ2n) is 7.32. The molecule has 2 amide bonds. The normalized spacial score (nSPS) is 16.3. The minimum Gasteiger partial charge on any atom is -0.497 e. The number of nitro groups is 1. The van der Waals surface area contributed by atoms with E-state index in [1.807, 2.05) is 4.90 Å². The van der Waals surface area contributed by atoms with Crippen molar-refractivity contribution in [1.29, 1.82) is 0 Å². The Hall–Kier alpha value is -3.86. The van der Waals surface area contributed by atoms with Gasteiger partial charge in [0.25, 0.3) is 5.69 Å². The van der Waals surface area contributed by atoms with Crippen molar-refractivity contribution in [3.05, 3.63) is 52.1 Å². The Bertz CT molecular complexity index is 1020. The molecule has 0 aromatic heterocycles. The van der Waals surface area contributed by atoms with Crippen LogP contribution in [-0.4, -0.2) is 67.1 Å².